The predicted octanol–water partition coefficient (Wildman–Crippen LogP) is 2.14. The number of piperidine rings is 1. The van der Waals surface area contributed by atoms with Crippen LogP contribution in [0, 0.1) is 5.92 Å². The molecule has 2 atom stereocenters. The number of thiazole rings is 1. The average molecular weight is 239 g/mol. The van der Waals surface area contributed by atoms with Crippen LogP contribution in [0.15, 0.2) is 10.9 Å². The molecular formula is C12H21N3S. The highest BCUT2D eigenvalue weighted by Gasteiger charge is 2.31. The van der Waals surface area contributed by atoms with Gasteiger partial charge in [0.15, 0.2) is 0 Å². The fourth-order valence-corrected chi connectivity index (χ4v) is 3.22. The summed E-state index contributed by atoms with van der Waals surface area (Å²) in [4.78, 5) is 6.96. The van der Waals surface area contributed by atoms with E-state index in [0.29, 0.717) is 12.0 Å². The Bertz CT molecular complexity index is 299. The molecule has 1 aliphatic rings. The molecule has 2 heterocycles. The van der Waals surface area contributed by atoms with E-state index in [1.165, 1.54) is 25.1 Å². The van der Waals surface area contributed by atoms with Gasteiger partial charge in [0.2, 0.25) is 0 Å². The third kappa shape index (κ3) is 2.62. The van der Waals surface area contributed by atoms with Crippen molar-refractivity contribution in [2.45, 2.75) is 25.8 Å². The molecule has 1 aliphatic heterocycles. The highest BCUT2D eigenvalue weighted by molar-refractivity contribution is 7.07. The van der Waals surface area contributed by atoms with E-state index in [-0.39, 0.29) is 0 Å². The van der Waals surface area contributed by atoms with Crippen molar-refractivity contribution in [1.29, 1.82) is 0 Å². The summed E-state index contributed by atoms with van der Waals surface area (Å²) < 4.78 is 0. The molecule has 1 aromatic rings. The molecule has 0 bridgehead atoms. The Kier molecular flexibility index (Phi) is 4.32. The Hall–Kier alpha value is -0.450. The van der Waals surface area contributed by atoms with E-state index < -0.39 is 0 Å². The van der Waals surface area contributed by atoms with Crippen molar-refractivity contribution in [3.8, 4) is 0 Å². The van der Waals surface area contributed by atoms with E-state index in [9.17, 15) is 0 Å². The van der Waals surface area contributed by atoms with E-state index in [4.69, 9.17) is 0 Å². The number of nitrogens with zero attached hydrogens (tertiary/aromatic N) is 2. The van der Waals surface area contributed by atoms with E-state index in [1.807, 2.05) is 5.51 Å². The summed E-state index contributed by atoms with van der Waals surface area (Å²) in [5.41, 5.74) is 3.21. The molecule has 90 valence electrons. The largest absolute Gasteiger partial charge is 0.317 e. The Labute approximate surface area is 102 Å². The molecule has 1 fully saturated rings. The summed E-state index contributed by atoms with van der Waals surface area (Å²) in [6.07, 6.45) is 2.63. The molecular weight excluding hydrogens is 218 g/mol. The van der Waals surface area contributed by atoms with Gasteiger partial charge in [0, 0.05) is 5.38 Å². The average Bonchev–Trinajstić information content (AvgIpc) is 2.79. The number of hydrogen-bond acceptors (Lipinski definition) is 4. The highest BCUT2D eigenvalue weighted by atomic mass is 32.1. The lowest BCUT2D eigenvalue weighted by Crippen LogP contribution is -2.40. The van der Waals surface area contributed by atoms with E-state index in [1.54, 1.807) is 11.3 Å². The van der Waals surface area contributed by atoms with Crippen LogP contribution >= 0.6 is 11.3 Å². The van der Waals surface area contributed by atoms with Crippen molar-refractivity contribution in [3.05, 3.63) is 16.6 Å². The first-order valence-electron chi connectivity index (χ1n) is 6.12. The van der Waals surface area contributed by atoms with E-state index in [0.717, 1.165) is 13.1 Å². The molecule has 0 aliphatic carbocycles. The number of hydrogen-bond donors (Lipinski definition) is 1. The van der Waals surface area contributed by atoms with Gasteiger partial charge in [-0.1, -0.05) is 6.92 Å². The molecule has 3 nitrogen and oxygen atoms in total. The molecule has 16 heavy (non-hydrogen) atoms. The molecule has 1 saturated heterocycles. The zero-order valence-corrected chi connectivity index (χ0v) is 11.0. The smallest absolute Gasteiger partial charge is 0.0795 e. The minimum absolute atomic E-state index is 0.513. The first-order valence-corrected chi connectivity index (χ1v) is 7.06. The first kappa shape index (κ1) is 12.0. The van der Waals surface area contributed by atoms with Gasteiger partial charge in [-0.15, -0.1) is 11.3 Å². The van der Waals surface area contributed by atoms with Crippen LogP contribution in [-0.2, 0) is 0 Å². The lowest BCUT2D eigenvalue weighted by Gasteiger charge is -2.38. The van der Waals surface area contributed by atoms with Crippen LogP contribution in [0.3, 0.4) is 0 Å². The predicted molar refractivity (Wildman–Crippen MR) is 68.8 cm³/mol. The molecule has 2 unspecified atom stereocenters. The summed E-state index contributed by atoms with van der Waals surface area (Å²) in [6, 6.07) is 0.513. The quantitative estimate of drug-likeness (QED) is 0.872. The summed E-state index contributed by atoms with van der Waals surface area (Å²) in [5.74, 6) is 0.709. The zero-order valence-electron chi connectivity index (χ0n) is 10.1. The van der Waals surface area contributed by atoms with Crippen LogP contribution < -0.4 is 5.32 Å². The van der Waals surface area contributed by atoms with Gasteiger partial charge in [-0.05, 0) is 45.4 Å². The van der Waals surface area contributed by atoms with Gasteiger partial charge in [-0.2, -0.15) is 0 Å². The Balaban J connectivity index is 2.08. The Morgan fingerprint density at radius 3 is 3.19 bits per heavy atom. The SMILES string of the molecule is CCNCC1CCCN(C)C1c1cscn1. The monoisotopic (exact) mass is 239 g/mol. The van der Waals surface area contributed by atoms with Crippen LogP contribution in [-0.4, -0.2) is 36.6 Å². The van der Waals surface area contributed by atoms with Gasteiger partial charge in [0.05, 0.1) is 17.2 Å². The van der Waals surface area contributed by atoms with Gasteiger partial charge in [-0.3, -0.25) is 4.90 Å². The molecule has 4 heteroatoms. The fraction of sp³-hybridized carbons (Fsp3) is 0.750. The summed E-state index contributed by atoms with van der Waals surface area (Å²) in [6.45, 7) is 5.54. The van der Waals surface area contributed by atoms with Crippen LogP contribution in [0.4, 0.5) is 0 Å². The van der Waals surface area contributed by atoms with Crippen LogP contribution in [0.5, 0.6) is 0 Å². The third-order valence-corrected chi connectivity index (χ3v) is 4.02. The van der Waals surface area contributed by atoms with Gasteiger partial charge >= 0.3 is 0 Å². The topological polar surface area (TPSA) is 28.2 Å². The maximum absolute atomic E-state index is 4.50. The van der Waals surface area contributed by atoms with Crippen molar-refractivity contribution >= 4 is 11.3 Å². The van der Waals surface area contributed by atoms with Crippen molar-refractivity contribution < 1.29 is 0 Å². The van der Waals surface area contributed by atoms with Gasteiger partial charge in [0.25, 0.3) is 0 Å². The van der Waals surface area contributed by atoms with Crippen LogP contribution in [0.2, 0.25) is 0 Å². The second-order valence-electron chi connectivity index (χ2n) is 4.55. The number of aromatic nitrogens is 1. The van der Waals surface area contributed by atoms with E-state index in [2.05, 4.69) is 34.6 Å². The van der Waals surface area contributed by atoms with E-state index >= 15 is 0 Å². The van der Waals surface area contributed by atoms with Gasteiger partial charge < -0.3 is 5.32 Å². The summed E-state index contributed by atoms with van der Waals surface area (Å²) in [5, 5.41) is 5.68. The molecule has 0 saturated carbocycles. The van der Waals surface area contributed by atoms with Crippen molar-refractivity contribution in [3.63, 3.8) is 0 Å². The Morgan fingerprint density at radius 2 is 2.50 bits per heavy atom. The maximum Gasteiger partial charge on any atom is 0.0795 e. The number of rotatable bonds is 4. The minimum atomic E-state index is 0.513. The number of nitrogens with one attached hydrogen (secondary N) is 1. The molecule has 1 aromatic heterocycles. The van der Waals surface area contributed by atoms with Crippen molar-refractivity contribution in [2.24, 2.45) is 5.92 Å². The molecule has 0 spiro atoms. The maximum atomic E-state index is 4.50. The number of likely N-dealkylation sites (tertiary alicyclic amines) is 1. The second kappa shape index (κ2) is 5.75. The minimum Gasteiger partial charge on any atom is -0.317 e. The van der Waals surface area contributed by atoms with Crippen molar-refractivity contribution in [1.82, 2.24) is 15.2 Å². The fourth-order valence-electron chi connectivity index (χ4n) is 2.64. The lowest BCUT2D eigenvalue weighted by molar-refractivity contribution is 0.117. The third-order valence-electron chi connectivity index (χ3n) is 3.42. The second-order valence-corrected chi connectivity index (χ2v) is 5.27. The zero-order chi connectivity index (χ0) is 11.4. The summed E-state index contributed by atoms with van der Waals surface area (Å²) in [7, 11) is 2.22. The molecule has 0 radical (unpaired) electrons. The van der Waals surface area contributed by atoms with Crippen molar-refractivity contribution in [2.75, 3.05) is 26.7 Å². The molecule has 1 N–H and O–H groups in total. The standard InChI is InChI=1S/C12H21N3S/c1-3-13-7-10-5-4-6-15(2)12(10)11-8-16-9-14-11/h8-10,12-13H,3-7H2,1-2H3. The molecule has 0 amide bonds. The summed E-state index contributed by atoms with van der Waals surface area (Å²) >= 11 is 1.70. The molecule has 0 aromatic carbocycles. The molecule has 2 rings (SSSR count). The normalized spacial score (nSPS) is 27.1. The van der Waals surface area contributed by atoms with Crippen LogP contribution in [0.25, 0.3) is 0 Å². The highest BCUT2D eigenvalue weighted by Crippen LogP contribution is 2.34. The Morgan fingerprint density at radius 1 is 1.62 bits per heavy atom. The van der Waals surface area contributed by atoms with Gasteiger partial charge in [-0.25, -0.2) is 4.98 Å². The van der Waals surface area contributed by atoms with Crippen LogP contribution in [0.1, 0.15) is 31.5 Å². The van der Waals surface area contributed by atoms with Gasteiger partial charge in [0.1, 0.15) is 0 Å². The first-order chi connectivity index (χ1) is 7.83. The lowest BCUT2D eigenvalue weighted by atomic mass is 9.87.